The molecule has 0 bridgehead atoms. The number of aromatic nitrogens is 2. The summed E-state index contributed by atoms with van der Waals surface area (Å²) < 4.78 is 6.53. The average molecular weight is 408 g/mol. The van der Waals surface area contributed by atoms with Crippen molar-refractivity contribution in [3.05, 3.63) is 34.4 Å². The van der Waals surface area contributed by atoms with Gasteiger partial charge in [0.1, 0.15) is 18.1 Å². The Kier molecular flexibility index (Phi) is 7.46. The molecule has 0 radical (unpaired) electrons. The lowest BCUT2D eigenvalue weighted by Crippen LogP contribution is -2.29. The number of nitrogens with two attached hydrogens (primary N) is 1. The molecule has 1 aromatic rings. The van der Waals surface area contributed by atoms with Crippen LogP contribution >= 0.6 is 0 Å². The maximum Gasteiger partial charge on any atom is 0.351 e. The minimum atomic E-state index is -1.33. The molecule has 1 aromatic heterocycles. The molecular formula is C17H20N4O8. The first-order valence-electron chi connectivity index (χ1n) is 8.46. The molecule has 12 nitrogen and oxygen atoms in total. The lowest BCUT2D eigenvalue weighted by molar-refractivity contribution is -0.159. The Morgan fingerprint density at radius 1 is 1.45 bits per heavy atom. The second kappa shape index (κ2) is 9.80. The van der Waals surface area contributed by atoms with Gasteiger partial charge in [-0.25, -0.2) is 14.7 Å². The third-order valence-corrected chi connectivity index (χ3v) is 3.97. The molecule has 1 aliphatic heterocycles. The molecule has 1 amide bonds. The Morgan fingerprint density at radius 3 is 2.79 bits per heavy atom. The van der Waals surface area contributed by atoms with Crippen LogP contribution in [0.15, 0.2) is 23.1 Å². The lowest BCUT2D eigenvalue weighted by atomic mass is 10.2. The van der Waals surface area contributed by atoms with Crippen molar-refractivity contribution in [2.75, 3.05) is 18.9 Å². The number of hydrogen-bond acceptors (Lipinski definition) is 9. The van der Waals surface area contributed by atoms with E-state index in [2.05, 4.69) is 16.8 Å². The lowest BCUT2D eigenvalue weighted by Gasteiger charge is -2.15. The molecule has 156 valence electrons. The Bertz CT molecular complexity index is 916. The highest BCUT2D eigenvalue weighted by atomic mass is 16.5. The molecule has 3 atom stereocenters. The number of carbonyl (C=O) groups is 2. The van der Waals surface area contributed by atoms with E-state index in [4.69, 9.17) is 20.7 Å². The van der Waals surface area contributed by atoms with Crippen LogP contribution < -0.4 is 11.4 Å². The first-order chi connectivity index (χ1) is 13.7. The predicted octanol–water partition coefficient (Wildman–Crippen LogP) is -1.93. The van der Waals surface area contributed by atoms with Crippen molar-refractivity contribution in [1.29, 1.82) is 0 Å². The molecule has 29 heavy (non-hydrogen) atoms. The van der Waals surface area contributed by atoms with Gasteiger partial charge in [-0.1, -0.05) is 11.8 Å². The molecule has 0 aromatic carbocycles. The van der Waals surface area contributed by atoms with E-state index < -0.39 is 42.6 Å². The number of nitrogens with zero attached hydrogens (tertiary/aromatic N) is 3. The third-order valence-electron chi connectivity index (χ3n) is 3.97. The second-order valence-corrected chi connectivity index (χ2v) is 6.03. The van der Waals surface area contributed by atoms with E-state index in [1.165, 1.54) is 6.20 Å². The van der Waals surface area contributed by atoms with Crippen LogP contribution in [-0.4, -0.2) is 72.4 Å². The molecule has 1 saturated heterocycles. The van der Waals surface area contributed by atoms with E-state index in [0.717, 1.165) is 4.57 Å². The molecule has 0 aliphatic carbocycles. The summed E-state index contributed by atoms with van der Waals surface area (Å²) in [6.07, 6.45) is 0.109. The van der Waals surface area contributed by atoms with Gasteiger partial charge in [0.25, 0.3) is 5.91 Å². The molecular weight excluding hydrogens is 388 g/mol. The zero-order valence-corrected chi connectivity index (χ0v) is 15.1. The standard InChI is InChI=1S/C17H20N4O8/c18-16-10(3-1-2-6-21(28)13(24)4-5-15(25)26)8-20(17(27)19-16)14-7-11(23)12(9-22)29-14/h4-5,8,11-12,14,22-23,28H,2,6-7,9H2,(H,25,26)(H2,18,19,27)/b5-4+/t11-,12+,14+/m0/s1. The summed E-state index contributed by atoms with van der Waals surface area (Å²) in [6, 6.07) is 0. The van der Waals surface area contributed by atoms with E-state index in [1.54, 1.807) is 0 Å². The van der Waals surface area contributed by atoms with Crippen molar-refractivity contribution in [2.45, 2.75) is 31.3 Å². The van der Waals surface area contributed by atoms with E-state index >= 15 is 0 Å². The smallest absolute Gasteiger partial charge is 0.351 e. The van der Waals surface area contributed by atoms with Gasteiger partial charge in [-0.3, -0.25) is 14.6 Å². The largest absolute Gasteiger partial charge is 0.478 e. The van der Waals surface area contributed by atoms with Crippen LogP contribution in [0.2, 0.25) is 0 Å². The summed E-state index contributed by atoms with van der Waals surface area (Å²) >= 11 is 0. The molecule has 0 unspecified atom stereocenters. The topological polar surface area (TPSA) is 188 Å². The van der Waals surface area contributed by atoms with Gasteiger partial charge in [-0.05, 0) is 0 Å². The van der Waals surface area contributed by atoms with Crippen LogP contribution in [0.4, 0.5) is 5.82 Å². The van der Waals surface area contributed by atoms with Gasteiger partial charge in [0.15, 0.2) is 0 Å². The van der Waals surface area contributed by atoms with Crippen LogP contribution in [0, 0.1) is 11.8 Å². The van der Waals surface area contributed by atoms with Crippen molar-refractivity contribution in [1.82, 2.24) is 14.6 Å². The number of aliphatic hydroxyl groups excluding tert-OH is 2. The minimum absolute atomic E-state index is 0.0208. The Hall–Kier alpha value is -3.24. The van der Waals surface area contributed by atoms with Crippen LogP contribution in [-0.2, 0) is 14.3 Å². The normalized spacial score (nSPS) is 21.0. The van der Waals surface area contributed by atoms with Crippen LogP contribution in [0.5, 0.6) is 0 Å². The van der Waals surface area contributed by atoms with Crippen LogP contribution in [0.1, 0.15) is 24.6 Å². The van der Waals surface area contributed by atoms with E-state index in [1.807, 2.05) is 0 Å². The molecule has 6 N–H and O–H groups in total. The second-order valence-electron chi connectivity index (χ2n) is 6.03. The summed E-state index contributed by atoms with van der Waals surface area (Å²) in [6.45, 7) is -0.599. The zero-order valence-electron chi connectivity index (χ0n) is 15.1. The van der Waals surface area contributed by atoms with Crippen molar-refractivity contribution >= 4 is 17.7 Å². The SMILES string of the molecule is Nc1nc(=O)n([C@H]2C[C@H](O)[C@@H](CO)O2)cc1C#CCCN(O)C(=O)/C=C/C(=O)O. The van der Waals surface area contributed by atoms with Crippen molar-refractivity contribution < 1.29 is 34.9 Å². The van der Waals surface area contributed by atoms with Crippen molar-refractivity contribution in [3.63, 3.8) is 0 Å². The number of aliphatic hydroxyl groups is 2. The number of ether oxygens (including phenoxy) is 1. The fourth-order valence-corrected chi connectivity index (χ4v) is 2.49. The molecule has 1 fully saturated rings. The number of rotatable bonds is 6. The van der Waals surface area contributed by atoms with E-state index in [-0.39, 0.29) is 30.8 Å². The van der Waals surface area contributed by atoms with Gasteiger partial charge >= 0.3 is 11.7 Å². The molecule has 12 heteroatoms. The number of amides is 1. The summed E-state index contributed by atoms with van der Waals surface area (Å²) in [5.41, 5.74) is 5.18. The van der Waals surface area contributed by atoms with Gasteiger partial charge in [0.05, 0.1) is 24.8 Å². The number of carboxylic acid groups (broad SMARTS) is 1. The Labute approximate surface area is 164 Å². The fourth-order valence-electron chi connectivity index (χ4n) is 2.49. The highest BCUT2D eigenvalue weighted by molar-refractivity contribution is 5.93. The fraction of sp³-hybridized carbons (Fsp3) is 0.412. The molecule has 2 heterocycles. The number of aliphatic carboxylic acids is 1. The molecule has 0 spiro atoms. The average Bonchev–Trinajstić information content (AvgIpc) is 3.04. The summed E-state index contributed by atoms with van der Waals surface area (Å²) in [5, 5.41) is 37.2. The summed E-state index contributed by atoms with van der Waals surface area (Å²) in [7, 11) is 0. The summed E-state index contributed by atoms with van der Waals surface area (Å²) in [5.74, 6) is 2.94. The van der Waals surface area contributed by atoms with Gasteiger partial charge in [-0.2, -0.15) is 4.98 Å². The van der Waals surface area contributed by atoms with Gasteiger partial charge in [0, 0.05) is 31.2 Å². The minimum Gasteiger partial charge on any atom is -0.478 e. The monoisotopic (exact) mass is 408 g/mol. The third kappa shape index (κ3) is 5.87. The quantitative estimate of drug-likeness (QED) is 0.153. The molecule has 1 aliphatic rings. The number of nitrogen functional groups attached to an aromatic ring is 1. The number of carboxylic acids is 1. The Balaban J connectivity index is 2.06. The number of carbonyl (C=O) groups excluding carboxylic acids is 1. The van der Waals surface area contributed by atoms with E-state index in [0.29, 0.717) is 17.2 Å². The van der Waals surface area contributed by atoms with Gasteiger partial charge in [0.2, 0.25) is 0 Å². The molecule has 0 saturated carbocycles. The highest BCUT2D eigenvalue weighted by Crippen LogP contribution is 2.27. The van der Waals surface area contributed by atoms with Crippen molar-refractivity contribution in [2.24, 2.45) is 0 Å². The predicted molar refractivity (Wildman–Crippen MR) is 96.3 cm³/mol. The van der Waals surface area contributed by atoms with Crippen LogP contribution in [0.25, 0.3) is 0 Å². The number of anilines is 1. The zero-order chi connectivity index (χ0) is 21.6. The summed E-state index contributed by atoms with van der Waals surface area (Å²) in [4.78, 5) is 37.5. The molecule has 2 rings (SSSR count). The Morgan fingerprint density at radius 2 is 2.17 bits per heavy atom. The van der Waals surface area contributed by atoms with Gasteiger partial charge < -0.3 is 25.8 Å². The first kappa shape index (κ1) is 22.1. The van der Waals surface area contributed by atoms with Crippen LogP contribution in [0.3, 0.4) is 0 Å². The van der Waals surface area contributed by atoms with Crippen molar-refractivity contribution in [3.8, 4) is 11.8 Å². The first-order valence-corrected chi connectivity index (χ1v) is 8.46. The maximum atomic E-state index is 12.1. The van der Waals surface area contributed by atoms with Gasteiger partial charge in [-0.15, -0.1) is 0 Å². The van der Waals surface area contributed by atoms with E-state index in [9.17, 15) is 24.7 Å². The number of hydrogen-bond donors (Lipinski definition) is 5. The number of hydroxylamine groups is 2. The maximum absolute atomic E-state index is 12.1. The highest BCUT2D eigenvalue weighted by Gasteiger charge is 2.35.